The summed E-state index contributed by atoms with van der Waals surface area (Å²) in [5, 5.41) is 11.5. The number of ketones is 1. The Morgan fingerprint density at radius 2 is 1.45 bits per heavy atom. The maximum Gasteiger partial charge on any atom is 0.265 e. The van der Waals surface area contributed by atoms with E-state index in [0.717, 1.165) is 37.1 Å². The summed E-state index contributed by atoms with van der Waals surface area (Å²) in [5.41, 5.74) is 1.94. The largest absolute Gasteiger partial charge is 0.375 e. The highest BCUT2D eigenvalue weighted by atomic mass is 16.3. The number of rotatable bonds is 6. The van der Waals surface area contributed by atoms with Crippen LogP contribution in [0.4, 0.5) is 5.69 Å². The number of amides is 1. The molecule has 0 spiro atoms. The third-order valence-electron chi connectivity index (χ3n) is 6.76. The van der Waals surface area contributed by atoms with Crippen molar-refractivity contribution < 1.29 is 14.7 Å². The molecule has 0 aliphatic carbocycles. The normalized spacial score (nSPS) is 20.6. The predicted octanol–water partition coefficient (Wildman–Crippen LogP) is 4.60. The van der Waals surface area contributed by atoms with Crippen molar-refractivity contribution in [1.29, 1.82) is 0 Å². The Hall–Kier alpha value is -3.28. The molecule has 1 unspecified atom stereocenters. The van der Waals surface area contributed by atoms with Gasteiger partial charge in [-0.15, -0.1) is 0 Å². The topological polar surface area (TPSA) is 60.9 Å². The number of carbonyl (C=O) groups excluding carboxylic acids is 2. The molecule has 0 aromatic heterocycles. The van der Waals surface area contributed by atoms with E-state index >= 15 is 0 Å². The fourth-order valence-electron chi connectivity index (χ4n) is 4.93. The van der Waals surface area contributed by atoms with Crippen LogP contribution in [0.2, 0.25) is 0 Å². The van der Waals surface area contributed by atoms with E-state index in [1.165, 1.54) is 6.42 Å². The van der Waals surface area contributed by atoms with Crippen molar-refractivity contribution in [1.82, 2.24) is 4.90 Å². The highest BCUT2D eigenvalue weighted by Crippen LogP contribution is 2.43. The van der Waals surface area contributed by atoms with Gasteiger partial charge >= 0.3 is 0 Å². The third-order valence-corrected chi connectivity index (χ3v) is 6.76. The summed E-state index contributed by atoms with van der Waals surface area (Å²) < 4.78 is 0. The number of aliphatic hydroxyl groups is 1. The molecule has 1 N–H and O–H groups in total. The molecule has 0 bridgehead atoms. The molecule has 5 heteroatoms. The molecule has 0 radical (unpaired) electrons. The lowest BCUT2D eigenvalue weighted by molar-refractivity contribution is -0.136. The van der Waals surface area contributed by atoms with Crippen LogP contribution in [-0.4, -0.2) is 41.5 Å². The van der Waals surface area contributed by atoms with Gasteiger partial charge in [0.25, 0.3) is 5.91 Å². The standard InChI is InChI=1S/C28H28N2O3/c31-26(23-15-13-22(14-16-23)21-9-3-1-4-10-21)19-28(33)24-11-5-6-12-25(24)30(27(28)32)20-29-17-7-2-8-18-29/h1,3-6,9-16,33H,2,7-8,17-20H2. The Balaban J connectivity index is 1.38. The lowest BCUT2D eigenvalue weighted by Gasteiger charge is -2.31. The Kier molecular flexibility index (Phi) is 5.83. The zero-order chi connectivity index (χ0) is 22.8. The van der Waals surface area contributed by atoms with Crippen LogP contribution in [0.1, 0.15) is 41.6 Å². The average molecular weight is 441 g/mol. The second kappa shape index (κ2) is 8.93. The molecule has 2 heterocycles. The van der Waals surface area contributed by atoms with Crippen molar-refractivity contribution in [2.24, 2.45) is 0 Å². The van der Waals surface area contributed by atoms with Crippen molar-refractivity contribution in [3.05, 3.63) is 90.0 Å². The number of carbonyl (C=O) groups is 2. The van der Waals surface area contributed by atoms with Crippen molar-refractivity contribution >= 4 is 17.4 Å². The molecule has 1 saturated heterocycles. The van der Waals surface area contributed by atoms with Crippen LogP contribution in [0.25, 0.3) is 11.1 Å². The monoisotopic (exact) mass is 440 g/mol. The lowest BCUT2D eigenvalue weighted by atomic mass is 9.88. The van der Waals surface area contributed by atoms with Crippen LogP contribution < -0.4 is 4.90 Å². The minimum Gasteiger partial charge on any atom is -0.375 e. The van der Waals surface area contributed by atoms with E-state index in [9.17, 15) is 14.7 Å². The number of likely N-dealkylation sites (tertiary alicyclic amines) is 1. The van der Waals surface area contributed by atoms with E-state index in [1.54, 1.807) is 29.2 Å². The summed E-state index contributed by atoms with van der Waals surface area (Å²) >= 11 is 0. The number of hydrogen-bond donors (Lipinski definition) is 1. The summed E-state index contributed by atoms with van der Waals surface area (Å²) in [7, 11) is 0. The van der Waals surface area contributed by atoms with Gasteiger partial charge in [0.15, 0.2) is 11.4 Å². The van der Waals surface area contributed by atoms with Crippen LogP contribution in [0.15, 0.2) is 78.9 Å². The number of anilines is 1. The van der Waals surface area contributed by atoms with E-state index in [4.69, 9.17) is 0 Å². The fourth-order valence-corrected chi connectivity index (χ4v) is 4.93. The van der Waals surface area contributed by atoms with E-state index in [-0.39, 0.29) is 12.2 Å². The minimum atomic E-state index is -1.85. The van der Waals surface area contributed by atoms with Crippen molar-refractivity contribution in [3.63, 3.8) is 0 Å². The number of fused-ring (bicyclic) bond motifs is 1. The number of benzene rings is 3. The maximum atomic E-state index is 13.5. The first-order valence-electron chi connectivity index (χ1n) is 11.6. The van der Waals surface area contributed by atoms with Gasteiger partial charge in [0.05, 0.1) is 18.8 Å². The third kappa shape index (κ3) is 4.10. The molecule has 1 fully saturated rings. The van der Waals surface area contributed by atoms with E-state index in [2.05, 4.69) is 4.90 Å². The SMILES string of the molecule is O=C(CC1(O)C(=O)N(CN2CCCCC2)c2ccccc21)c1ccc(-c2ccccc2)cc1. The quantitative estimate of drug-likeness (QED) is 0.569. The summed E-state index contributed by atoms with van der Waals surface area (Å²) in [4.78, 5) is 30.5. The average Bonchev–Trinajstić information content (AvgIpc) is 3.07. The summed E-state index contributed by atoms with van der Waals surface area (Å²) in [6, 6.07) is 24.6. The van der Waals surface area contributed by atoms with Crippen LogP contribution >= 0.6 is 0 Å². The van der Waals surface area contributed by atoms with Crippen molar-refractivity contribution in [3.8, 4) is 11.1 Å². The van der Waals surface area contributed by atoms with E-state index in [1.807, 2.05) is 54.6 Å². The molecular weight excluding hydrogens is 412 g/mol. The second-order valence-electron chi connectivity index (χ2n) is 8.97. The predicted molar refractivity (Wildman–Crippen MR) is 129 cm³/mol. The van der Waals surface area contributed by atoms with Gasteiger partial charge in [-0.3, -0.25) is 19.4 Å². The maximum absolute atomic E-state index is 13.5. The molecule has 168 valence electrons. The molecule has 3 aromatic carbocycles. The van der Waals surface area contributed by atoms with Gasteiger partial charge in [0.2, 0.25) is 0 Å². The van der Waals surface area contributed by atoms with Crippen LogP contribution in [0, 0.1) is 0 Å². The molecule has 1 atom stereocenters. The van der Waals surface area contributed by atoms with Gasteiger partial charge in [-0.25, -0.2) is 0 Å². The number of hydrogen-bond acceptors (Lipinski definition) is 4. The van der Waals surface area contributed by atoms with Crippen LogP contribution in [-0.2, 0) is 10.4 Å². The fraction of sp³-hybridized carbons (Fsp3) is 0.286. The van der Waals surface area contributed by atoms with E-state index in [0.29, 0.717) is 23.5 Å². The second-order valence-corrected chi connectivity index (χ2v) is 8.97. The summed E-state index contributed by atoms with van der Waals surface area (Å²) in [5.74, 6) is -0.663. The van der Waals surface area contributed by atoms with Crippen LogP contribution in [0.5, 0.6) is 0 Å². The number of piperidine rings is 1. The molecule has 33 heavy (non-hydrogen) atoms. The molecule has 2 aliphatic rings. The number of para-hydroxylation sites is 1. The zero-order valence-electron chi connectivity index (χ0n) is 18.6. The Morgan fingerprint density at radius 1 is 0.818 bits per heavy atom. The Bertz CT molecular complexity index is 1150. The molecule has 5 rings (SSSR count). The first-order valence-corrected chi connectivity index (χ1v) is 11.6. The van der Waals surface area contributed by atoms with Gasteiger partial charge in [-0.1, -0.05) is 79.2 Å². The number of nitrogens with zero attached hydrogens (tertiary/aromatic N) is 2. The number of Topliss-reactive ketones (excluding diaryl/α,β-unsaturated/α-hetero) is 1. The molecule has 1 amide bonds. The highest BCUT2D eigenvalue weighted by Gasteiger charge is 2.51. The highest BCUT2D eigenvalue weighted by molar-refractivity contribution is 6.10. The molecule has 0 saturated carbocycles. The van der Waals surface area contributed by atoms with Crippen LogP contribution in [0.3, 0.4) is 0 Å². The van der Waals surface area contributed by atoms with Gasteiger partial charge in [0, 0.05) is 11.1 Å². The van der Waals surface area contributed by atoms with Gasteiger partial charge in [-0.2, -0.15) is 0 Å². The van der Waals surface area contributed by atoms with Crippen molar-refractivity contribution in [2.75, 3.05) is 24.7 Å². The van der Waals surface area contributed by atoms with Gasteiger partial charge in [-0.05, 0) is 43.1 Å². The summed E-state index contributed by atoms with van der Waals surface area (Å²) in [6.45, 7) is 2.33. The first-order chi connectivity index (χ1) is 16.1. The van der Waals surface area contributed by atoms with Gasteiger partial charge in [0.1, 0.15) is 0 Å². The Morgan fingerprint density at radius 3 is 2.18 bits per heavy atom. The smallest absolute Gasteiger partial charge is 0.265 e. The first kappa shape index (κ1) is 21.6. The lowest BCUT2D eigenvalue weighted by Crippen LogP contribution is -2.47. The van der Waals surface area contributed by atoms with E-state index < -0.39 is 11.5 Å². The zero-order valence-corrected chi connectivity index (χ0v) is 18.6. The Labute approximate surface area is 194 Å². The molecule has 5 nitrogen and oxygen atoms in total. The molecule has 3 aromatic rings. The molecule has 2 aliphatic heterocycles. The molecular formula is C28H28N2O3. The summed E-state index contributed by atoms with van der Waals surface area (Å²) in [6.07, 6.45) is 3.17. The van der Waals surface area contributed by atoms with Gasteiger partial charge < -0.3 is 5.11 Å². The van der Waals surface area contributed by atoms with Crippen molar-refractivity contribution in [2.45, 2.75) is 31.3 Å². The minimum absolute atomic E-state index is 0.250.